The van der Waals surface area contributed by atoms with Gasteiger partial charge < -0.3 is 14.1 Å². The Morgan fingerprint density at radius 2 is 2.09 bits per heavy atom. The quantitative estimate of drug-likeness (QED) is 0.589. The molecule has 116 valence electrons. The minimum Gasteiger partial charge on any atom is -0.495 e. The van der Waals surface area contributed by atoms with Gasteiger partial charge in [-0.05, 0) is 30.4 Å². The van der Waals surface area contributed by atoms with Crippen molar-refractivity contribution in [2.75, 3.05) is 7.11 Å². The summed E-state index contributed by atoms with van der Waals surface area (Å²) >= 11 is 0. The van der Waals surface area contributed by atoms with Crippen LogP contribution in [0.2, 0.25) is 0 Å². The van der Waals surface area contributed by atoms with E-state index in [0.717, 1.165) is 0 Å². The lowest BCUT2D eigenvalue weighted by atomic mass is 10.1. The van der Waals surface area contributed by atoms with Crippen LogP contribution in [0.15, 0.2) is 45.6 Å². The minimum atomic E-state index is -0.611. The lowest BCUT2D eigenvalue weighted by molar-refractivity contribution is -0.402. The molecule has 0 radical (unpaired) electrons. The second-order valence-electron chi connectivity index (χ2n) is 4.74. The van der Waals surface area contributed by atoms with Crippen LogP contribution in [0.3, 0.4) is 0 Å². The van der Waals surface area contributed by atoms with E-state index in [4.69, 9.17) is 9.15 Å². The summed E-state index contributed by atoms with van der Waals surface area (Å²) in [4.78, 5) is 25.2. The van der Waals surface area contributed by atoms with E-state index in [1.54, 1.807) is 30.4 Å². The van der Waals surface area contributed by atoms with Crippen molar-refractivity contribution in [1.29, 1.82) is 0 Å². The average molecular weight is 312 g/mol. The fourth-order valence-electron chi connectivity index (χ4n) is 2.23. The molecule has 0 spiro atoms. The highest BCUT2D eigenvalue weighted by Crippen LogP contribution is 2.22. The minimum absolute atomic E-state index is 0.150. The molecule has 0 unspecified atom stereocenters. The van der Waals surface area contributed by atoms with Crippen molar-refractivity contribution in [2.24, 2.45) is 0 Å². The maximum absolute atomic E-state index is 12.2. The topological polar surface area (TPSA) is 98.4 Å². The van der Waals surface area contributed by atoms with E-state index in [9.17, 15) is 14.9 Å². The van der Waals surface area contributed by atoms with E-state index in [0.29, 0.717) is 28.1 Å². The number of H-pyrrole nitrogens is 1. The molecular weight excluding hydrogens is 300 g/mol. The van der Waals surface area contributed by atoms with E-state index in [1.165, 1.54) is 25.3 Å². The van der Waals surface area contributed by atoms with Crippen LogP contribution >= 0.6 is 0 Å². The van der Waals surface area contributed by atoms with Crippen molar-refractivity contribution in [3.8, 4) is 5.75 Å². The van der Waals surface area contributed by atoms with Crippen LogP contribution in [0, 0.1) is 10.1 Å². The number of hydrogen-bond acceptors (Lipinski definition) is 5. The molecule has 0 bridgehead atoms. The molecule has 7 heteroatoms. The van der Waals surface area contributed by atoms with Gasteiger partial charge >= 0.3 is 5.88 Å². The third kappa shape index (κ3) is 2.84. The molecule has 1 aromatic carbocycles. The zero-order valence-corrected chi connectivity index (χ0v) is 12.1. The van der Waals surface area contributed by atoms with E-state index >= 15 is 0 Å². The zero-order valence-electron chi connectivity index (χ0n) is 12.1. The van der Waals surface area contributed by atoms with Crippen LogP contribution in [0.25, 0.3) is 23.1 Å². The number of hydrogen-bond donors (Lipinski definition) is 1. The van der Waals surface area contributed by atoms with Crippen molar-refractivity contribution in [3.05, 3.63) is 68.2 Å². The van der Waals surface area contributed by atoms with Crippen molar-refractivity contribution in [1.82, 2.24) is 4.98 Å². The first-order valence-corrected chi connectivity index (χ1v) is 6.71. The van der Waals surface area contributed by atoms with Gasteiger partial charge in [-0.1, -0.05) is 6.07 Å². The van der Waals surface area contributed by atoms with Gasteiger partial charge in [0.15, 0.2) is 5.43 Å². The number of aromatic amines is 1. The molecule has 3 aromatic rings. The second-order valence-corrected chi connectivity index (χ2v) is 4.74. The highest BCUT2D eigenvalue weighted by molar-refractivity contribution is 5.85. The molecule has 0 saturated heterocycles. The molecule has 2 aromatic heterocycles. The summed E-state index contributed by atoms with van der Waals surface area (Å²) in [6.45, 7) is 0. The van der Waals surface area contributed by atoms with E-state index < -0.39 is 4.92 Å². The number of nitrogens with zero attached hydrogens (tertiary/aromatic N) is 1. The number of furan rings is 1. The number of fused-ring (bicyclic) bond motifs is 1. The summed E-state index contributed by atoms with van der Waals surface area (Å²) in [7, 11) is 1.53. The van der Waals surface area contributed by atoms with Gasteiger partial charge in [-0.2, -0.15) is 0 Å². The van der Waals surface area contributed by atoms with Crippen LogP contribution in [-0.2, 0) is 0 Å². The molecule has 1 N–H and O–H groups in total. The predicted molar refractivity (Wildman–Crippen MR) is 85.4 cm³/mol. The molecule has 3 rings (SSSR count). The first-order chi connectivity index (χ1) is 11.1. The lowest BCUT2D eigenvalue weighted by Gasteiger charge is -2.05. The zero-order chi connectivity index (χ0) is 16.4. The summed E-state index contributed by atoms with van der Waals surface area (Å²) in [6.07, 6.45) is 3.15. The molecule has 0 aliphatic rings. The number of rotatable bonds is 4. The molecular formula is C16H12N2O5. The fourth-order valence-corrected chi connectivity index (χ4v) is 2.23. The summed E-state index contributed by atoms with van der Waals surface area (Å²) in [6, 6.07) is 9.39. The SMILES string of the molecule is COc1cccc2c(=O)cc(C=Cc3ccc([N+](=O)[O-])o3)[nH]c12. The Morgan fingerprint density at radius 1 is 1.26 bits per heavy atom. The molecule has 7 nitrogen and oxygen atoms in total. The normalized spacial score (nSPS) is 11.2. The van der Waals surface area contributed by atoms with E-state index in [-0.39, 0.29) is 11.3 Å². The van der Waals surface area contributed by atoms with Crippen LogP contribution in [0.1, 0.15) is 11.5 Å². The second kappa shape index (κ2) is 5.80. The monoisotopic (exact) mass is 312 g/mol. The number of methoxy groups -OCH3 is 1. The first kappa shape index (κ1) is 14.6. The van der Waals surface area contributed by atoms with Gasteiger partial charge in [-0.15, -0.1) is 0 Å². The Bertz CT molecular complexity index is 968. The third-order valence-electron chi connectivity index (χ3n) is 3.29. The van der Waals surface area contributed by atoms with E-state index in [1.807, 2.05) is 0 Å². The number of pyridine rings is 1. The molecule has 0 aliphatic heterocycles. The van der Waals surface area contributed by atoms with Gasteiger partial charge in [0.2, 0.25) is 0 Å². The first-order valence-electron chi connectivity index (χ1n) is 6.71. The Labute approximate surface area is 130 Å². The number of nitro groups is 1. The van der Waals surface area contributed by atoms with Gasteiger partial charge in [0.1, 0.15) is 16.4 Å². The third-order valence-corrected chi connectivity index (χ3v) is 3.29. The summed E-state index contributed by atoms with van der Waals surface area (Å²) in [5.74, 6) is 0.541. The molecule has 0 fully saturated rings. The smallest absolute Gasteiger partial charge is 0.433 e. The fraction of sp³-hybridized carbons (Fsp3) is 0.0625. The van der Waals surface area contributed by atoms with Gasteiger partial charge in [-0.3, -0.25) is 14.9 Å². The van der Waals surface area contributed by atoms with Crippen molar-refractivity contribution in [2.45, 2.75) is 0 Å². The number of benzene rings is 1. The van der Waals surface area contributed by atoms with Crippen LogP contribution < -0.4 is 10.2 Å². The largest absolute Gasteiger partial charge is 0.495 e. The lowest BCUT2D eigenvalue weighted by Crippen LogP contribution is -2.03. The van der Waals surface area contributed by atoms with Gasteiger partial charge in [0.05, 0.1) is 18.7 Å². The highest BCUT2D eigenvalue weighted by atomic mass is 16.6. The molecule has 23 heavy (non-hydrogen) atoms. The molecule has 2 heterocycles. The maximum Gasteiger partial charge on any atom is 0.433 e. The Hall–Kier alpha value is -3.35. The maximum atomic E-state index is 12.2. The van der Waals surface area contributed by atoms with Gasteiger partial charge in [0.25, 0.3) is 0 Å². The molecule has 0 saturated carbocycles. The number of nitrogens with one attached hydrogen (secondary N) is 1. The van der Waals surface area contributed by atoms with E-state index in [2.05, 4.69) is 4.98 Å². The summed E-state index contributed by atoms with van der Waals surface area (Å²) in [5.41, 5.74) is 0.973. The Morgan fingerprint density at radius 3 is 2.78 bits per heavy atom. The van der Waals surface area contributed by atoms with Crippen LogP contribution in [-0.4, -0.2) is 17.0 Å². The Kier molecular flexibility index (Phi) is 3.68. The number of ether oxygens (including phenoxy) is 1. The van der Waals surface area contributed by atoms with Crippen LogP contribution in [0.4, 0.5) is 5.88 Å². The standard InChI is InChI=1S/C16H12N2O5/c1-22-14-4-2-3-12-13(19)9-10(17-16(12)14)5-6-11-7-8-15(23-11)18(20)21/h2-9H,1H3,(H,17,19). The summed E-state index contributed by atoms with van der Waals surface area (Å²) < 4.78 is 10.3. The molecule has 0 atom stereocenters. The van der Waals surface area contributed by atoms with Gasteiger partial charge in [-0.25, -0.2) is 0 Å². The predicted octanol–water partition coefficient (Wildman–Crippen LogP) is 3.21. The molecule has 0 aliphatic carbocycles. The number of aromatic nitrogens is 1. The van der Waals surface area contributed by atoms with Crippen molar-refractivity contribution in [3.63, 3.8) is 0 Å². The van der Waals surface area contributed by atoms with Crippen LogP contribution in [0.5, 0.6) is 5.75 Å². The highest BCUT2D eigenvalue weighted by Gasteiger charge is 2.10. The molecule has 0 amide bonds. The van der Waals surface area contributed by atoms with Crippen molar-refractivity contribution < 1.29 is 14.1 Å². The summed E-state index contributed by atoms with van der Waals surface area (Å²) in [5, 5.41) is 11.1. The Balaban J connectivity index is 2.01. The van der Waals surface area contributed by atoms with Crippen molar-refractivity contribution >= 4 is 28.9 Å². The average Bonchev–Trinajstić information content (AvgIpc) is 3.02. The number of para-hydroxylation sites is 1. The van der Waals surface area contributed by atoms with Gasteiger partial charge in [0, 0.05) is 17.1 Å².